The highest BCUT2D eigenvalue weighted by atomic mass is 35.5. The zero-order valence-electron chi connectivity index (χ0n) is 17.2. The van der Waals surface area contributed by atoms with E-state index < -0.39 is 11.0 Å². The molecule has 0 amide bonds. The molecule has 1 aliphatic rings. The third-order valence-corrected chi connectivity index (χ3v) is 6.05. The van der Waals surface area contributed by atoms with E-state index in [1.54, 1.807) is 18.2 Å². The van der Waals surface area contributed by atoms with E-state index in [4.69, 9.17) is 21.3 Å². The Kier molecular flexibility index (Phi) is 6.24. The molecule has 1 atom stereocenters. The number of benzene rings is 2. The summed E-state index contributed by atoms with van der Waals surface area (Å²) in [7, 11) is 1.33. The Morgan fingerprint density at radius 2 is 2.03 bits per heavy atom. The molecule has 9 nitrogen and oxygen atoms in total. The topological polar surface area (TPSA) is 113 Å². The monoisotopic (exact) mass is 471 g/mol. The van der Waals surface area contributed by atoms with E-state index in [0.29, 0.717) is 45.0 Å². The molecule has 0 unspecified atom stereocenters. The van der Waals surface area contributed by atoms with Crippen LogP contribution < -0.4 is 0 Å². The third kappa shape index (κ3) is 3.98. The molecule has 0 aliphatic carbocycles. The summed E-state index contributed by atoms with van der Waals surface area (Å²) in [6, 6.07) is 11.2. The maximum Gasteiger partial charge on any atom is 0.305 e. The van der Waals surface area contributed by atoms with Crippen molar-refractivity contribution in [1.29, 1.82) is 0 Å². The molecule has 4 rings (SSSR count). The van der Waals surface area contributed by atoms with Crippen LogP contribution in [-0.2, 0) is 9.53 Å². The molecule has 0 N–H and O–H groups in total. The number of aliphatic imine (C=N–C) groups is 1. The maximum atomic E-state index is 11.8. The fourth-order valence-electron chi connectivity index (χ4n) is 3.58. The number of carbonyl (C=O) groups is 1. The van der Waals surface area contributed by atoms with Gasteiger partial charge in [0.05, 0.1) is 23.4 Å². The molecule has 3 aromatic rings. The summed E-state index contributed by atoms with van der Waals surface area (Å²) in [5.41, 5.74) is 2.23. The van der Waals surface area contributed by atoms with Gasteiger partial charge in [-0.05, 0) is 24.8 Å². The summed E-state index contributed by atoms with van der Waals surface area (Å²) in [6.45, 7) is 0. The second-order valence-electron chi connectivity index (χ2n) is 6.93. The molecule has 11 heteroatoms. The molecule has 0 saturated heterocycles. The quantitative estimate of drug-likeness (QED) is 0.226. The second kappa shape index (κ2) is 9.09. The fourth-order valence-corrected chi connectivity index (χ4v) is 4.30. The van der Waals surface area contributed by atoms with Gasteiger partial charge in [-0.2, -0.15) is 0 Å². The van der Waals surface area contributed by atoms with Crippen LogP contribution in [0.1, 0.15) is 35.8 Å². The second-order valence-corrected chi connectivity index (χ2v) is 8.11. The first kappa shape index (κ1) is 22.0. The number of non-ortho nitro benzene ring substituents is 1. The van der Waals surface area contributed by atoms with Crippen molar-refractivity contribution in [3.63, 3.8) is 0 Å². The molecule has 2 aromatic carbocycles. The molecule has 0 spiro atoms. The Hall–Kier alpha value is -3.24. The lowest BCUT2D eigenvalue weighted by molar-refractivity contribution is -0.384. The molecule has 0 bridgehead atoms. The van der Waals surface area contributed by atoms with Gasteiger partial charge in [-0.15, -0.1) is 10.2 Å². The Morgan fingerprint density at radius 1 is 1.25 bits per heavy atom. The highest BCUT2D eigenvalue weighted by Crippen LogP contribution is 2.37. The first-order valence-corrected chi connectivity index (χ1v) is 11.2. The van der Waals surface area contributed by atoms with Crippen molar-refractivity contribution in [1.82, 2.24) is 14.8 Å². The number of hydrogen-bond acceptors (Lipinski definition) is 8. The highest BCUT2D eigenvalue weighted by Gasteiger charge is 2.31. The summed E-state index contributed by atoms with van der Waals surface area (Å²) in [5, 5.41) is 21.2. The lowest BCUT2D eigenvalue weighted by Gasteiger charge is -2.13. The standard InChI is InChI=1S/C21H18ClN5O4S/c1-31-18(28)10-8-16-20-24-25-21(32-2)26(20)17-9-7-12(27(29)30)11-14(17)19(23-16)13-5-3-4-6-15(13)22/h3-7,9,11,16H,8,10H2,1-2H3/t16-/m0/s1. The molecule has 0 fully saturated rings. The van der Waals surface area contributed by atoms with Gasteiger partial charge in [0.1, 0.15) is 6.04 Å². The van der Waals surface area contributed by atoms with E-state index in [1.165, 1.54) is 31.0 Å². The van der Waals surface area contributed by atoms with E-state index in [0.717, 1.165) is 0 Å². The van der Waals surface area contributed by atoms with Gasteiger partial charge >= 0.3 is 5.97 Å². The van der Waals surface area contributed by atoms with Crippen molar-refractivity contribution >= 4 is 40.7 Å². The molecular weight excluding hydrogens is 454 g/mol. The van der Waals surface area contributed by atoms with Crippen molar-refractivity contribution in [3.05, 3.63) is 74.6 Å². The van der Waals surface area contributed by atoms with Crippen LogP contribution in [0.2, 0.25) is 5.02 Å². The fraction of sp³-hybridized carbons (Fsp3) is 0.238. The molecule has 2 heterocycles. The number of fused-ring (bicyclic) bond motifs is 3. The van der Waals surface area contributed by atoms with Crippen LogP contribution in [0, 0.1) is 10.1 Å². The van der Waals surface area contributed by atoms with Gasteiger partial charge in [0.15, 0.2) is 11.0 Å². The van der Waals surface area contributed by atoms with Crippen LogP contribution in [0.25, 0.3) is 5.69 Å². The van der Waals surface area contributed by atoms with Gasteiger partial charge in [0.25, 0.3) is 5.69 Å². The summed E-state index contributed by atoms with van der Waals surface area (Å²) in [6.07, 6.45) is 2.31. The molecule has 0 saturated carbocycles. The van der Waals surface area contributed by atoms with Crippen molar-refractivity contribution in [2.75, 3.05) is 13.4 Å². The number of halogens is 1. The van der Waals surface area contributed by atoms with Gasteiger partial charge in [-0.25, -0.2) is 0 Å². The predicted molar refractivity (Wildman–Crippen MR) is 121 cm³/mol. The number of carbonyl (C=O) groups excluding carboxylic acids is 1. The number of methoxy groups -OCH3 is 1. The van der Waals surface area contributed by atoms with Crippen molar-refractivity contribution in [2.45, 2.75) is 24.0 Å². The average Bonchev–Trinajstić information content (AvgIpc) is 3.17. The number of thioether (sulfide) groups is 1. The van der Waals surface area contributed by atoms with Gasteiger partial charge in [0, 0.05) is 34.7 Å². The minimum Gasteiger partial charge on any atom is -0.469 e. The van der Waals surface area contributed by atoms with Gasteiger partial charge in [-0.3, -0.25) is 24.5 Å². The minimum absolute atomic E-state index is 0.0724. The SMILES string of the molecule is COC(=O)CC[C@@H]1N=C(c2ccccc2Cl)c2cc([N+](=O)[O-])ccc2-n2c(SC)nnc21. The van der Waals surface area contributed by atoms with Gasteiger partial charge < -0.3 is 4.74 Å². The molecule has 0 radical (unpaired) electrons. The Bertz CT molecular complexity index is 1240. The van der Waals surface area contributed by atoms with Crippen LogP contribution in [0.5, 0.6) is 0 Å². The van der Waals surface area contributed by atoms with Crippen molar-refractivity contribution in [2.24, 2.45) is 4.99 Å². The highest BCUT2D eigenvalue weighted by molar-refractivity contribution is 7.98. The normalized spacial score (nSPS) is 14.7. The van der Waals surface area contributed by atoms with E-state index in [2.05, 4.69) is 10.2 Å². The number of rotatable bonds is 6. The maximum absolute atomic E-state index is 11.8. The Morgan fingerprint density at radius 3 is 2.72 bits per heavy atom. The number of aromatic nitrogens is 3. The molecular formula is C21H18ClN5O4S. The summed E-state index contributed by atoms with van der Waals surface area (Å²) >= 11 is 7.88. The number of hydrogen-bond donors (Lipinski definition) is 0. The summed E-state index contributed by atoms with van der Waals surface area (Å²) in [4.78, 5) is 27.8. The number of ether oxygens (including phenoxy) is 1. The zero-order valence-corrected chi connectivity index (χ0v) is 18.8. The van der Waals surface area contributed by atoms with E-state index in [-0.39, 0.29) is 18.1 Å². The first-order valence-electron chi connectivity index (χ1n) is 9.62. The molecule has 1 aromatic heterocycles. The van der Waals surface area contributed by atoms with Crippen molar-refractivity contribution < 1.29 is 14.5 Å². The number of nitrogens with zero attached hydrogens (tertiary/aromatic N) is 5. The van der Waals surface area contributed by atoms with Crippen LogP contribution in [0.4, 0.5) is 5.69 Å². The number of nitro groups is 1. The number of esters is 1. The van der Waals surface area contributed by atoms with E-state index >= 15 is 0 Å². The Labute approximate surface area is 192 Å². The van der Waals surface area contributed by atoms with E-state index in [1.807, 2.05) is 23.0 Å². The van der Waals surface area contributed by atoms with Crippen molar-refractivity contribution in [3.8, 4) is 5.69 Å². The van der Waals surface area contributed by atoms with Crippen LogP contribution in [0.3, 0.4) is 0 Å². The van der Waals surface area contributed by atoms with Gasteiger partial charge in [0.2, 0.25) is 0 Å². The summed E-state index contributed by atoms with van der Waals surface area (Å²) in [5.74, 6) is 0.170. The predicted octanol–water partition coefficient (Wildman–Crippen LogP) is 4.40. The first-order chi connectivity index (χ1) is 15.4. The van der Waals surface area contributed by atoms with Gasteiger partial charge in [-0.1, -0.05) is 41.6 Å². The lowest BCUT2D eigenvalue weighted by atomic mass is 9.99. The molecule has 1 aliphatic heterocycles. The van der Waals surface area contributed by atoms with Crippen LogP contribution in [0.15, 0.2) is 52.6 Å². The molecule has 32 heavy (non-hydrogen) atoms. The van der Waals surface area contributed by atoms with Crippen LogP contribution >= 0.6 is 23.4 Å². The van der Waals surface area contributed by atoms with E-state index in [9.17, 15) is 14.9 Å². The third-order valence-electron chi connectivity index (χ3n) is 5.09. The largest absolute Gasteiger partial charge is 0.469 e. The van der Waals surface area contributed by atoms with Crippen LogP contribution in [-0.4, -0.2) is 44.7 Å². The smallest absolute Gasteiger partial charge is 0.305 e. The zero-order chi connectivity index (χ0) is 22.8. The minimum atomic E-state index is -0.541. The number of nitro benzene ring substituents is 1. The molecule has 164 valence electrons. The average molecular weight is 472 g/mol. The summed E-state index contributed by atoms with van der Waals surface area (Å²) < 4.78 is 6.62. The Balaban J connectivity index is 2.00. The lowest BCUT2D eigenvalue weighted by Crippen LogP contribution is -2.09.